The van der Waals surface area contributed by atoms with E-state index in [9.17, 15) is 0 Å². The van der Waals surface area contributed by atoms with Crippen molar-refractivity contribution in [1.82, 2.24) is 9.97 Å². The van der Waals surface area contributed by atoms with Crippen molar-refractivity contribution < 1.29 is 9.47 Å². The summed E-state index contributed by atoms with van der Waals surface area (Å²) in [7, 11) is 0. The van der Waals surface area contributed by atoms with Gasteiger partial charge >= 0.3 is 0 Å². The number of hydrogen-bond acceptors (Lipinski definition) is 7. The van der Waals surface area contributed by atoms with Crippen LogP contribution >= 0.6 is 11.8 Å². The van der Waals surface area contributed by atoms with Crippen LogP contribution in [0.25, 0.3) is 0 Å². The van der Waals surface area contributed by atoms with Crippen LogP contribution in [-0.2, 0) is 9.47 Å². The number of nitrogens with one attached hydrogen (secondary N) is 1. The van der Waals surface area contributed by atoms with Crippen LogP contribution in [0, 0.1) is 0 Å². The van der Waals surface area contributed by atoms with E-state index < -0.39 is 0 Å². The van der Waals surface area contributed by atoms with Crippen LogP contribution in [0.2, 0.25) is 0 Å². The fourth-order valence-electron chi connectivity index (χ4n) is 3.06. The number of nitrogens with two attached hydrogens (primary N) is 1. The van der Waals surface area contributed by atoms with Crippen LogP contribution in [-0.4, -0.2) is 47.7 Å². The van der Waals surface area contributed by atoms with Crippen LogP contribution in [0.5, 0.6) is 0 Å². The lowest BCUT2D eigenvalue weighted by Crippen LogP contribution is -2.47. The first-order valence-electron chi connectivity index (χ1n) is 7.36. The van der Waals surface area contributed by atoms with Gasteiger partial charge in [-0.25, -0.2) is 9.97 Å². The first kappa shape index (κ1) is 14.9. The third-order valence-corrected chi connectivity index (χ3v) is 4.70. The maximum absolute atomic E-state index is 6.06. The van der Waals surface area contributed by atoms with E-state index in [0.717, 1.165) is 51.3 Å². The average Bonchev–Trinajstić information content (AvgIpc) is 2.47. The molecule has 1 aromatic rings. The van der Waals surface area contributed by atoms with Gasteiger partial charge in [0.25, 0.3) is 0 Å². The second-order valence-corrected chi connectivity index (χ2v) is 6.42. The number of hydrogen-bond donors (Lipinski definition) is 2. The van der Waals surface area contributed by atoms with Gasteiger partial charge in [0.1, 0.15) is 11.6 Å². The van der Waals surface area contributed by atoms with Gasteiger partial charge in [-0.3, -0.25) is 0 Å². The number of aromatic nitrogens is 2. The Morgan fingerprint density at radius 3 is 2.90 bits per heavy atom. The molecule has 2 aliphatic heterocycles. The molecule has 0 saturated carbocycles. The quantitative estimate of drug-likeness (QED) is 0.652. The minimum absolute atomic E-state index is 0.0188. The van der Waals surface area contributed by atoms with E-state index in [2.05, 4.69) is 15.3 Å². The van der Waals surface area contributed by atoms with Crippen molar-refractivity contribution in [2.24, 2.45) is 0 Å². The normalized spacial score (nSPS) is 24.9. The zero-order chi connectivity index (χ0) is 14.7. The smallest absolute Gasteiger partial charge is 0.191 e. The summed E-state index contributed by atoms with van der Waals surface area (Å²) in [6.07, 6.45) is 5.89. The Hall–Kier alpha value is -1.05. The van der Waals surface area contributed by atoms with Crippen LogP contribution in [0.1, 0.15) is 25.7 Å². The summed E-state index contributed by atoms with van der Waals surface area (Å²) in [6, 6.07) is 2.16. The van der Waals surface area contributed by atoms with Gasteiger partial charge in [-0.05, 0) is 31.9 Å². The van der Waals surface area contributed by atoms with Crippen molar-refractivity contribution in [2.75, 3.05) is 37.1 Å². The van der Waals surface area contributed by atoms with Gasteiger partial charge in [-0.15, -0.1) is 0 Å². The Morgan fingerprint density at radius 2 is 2.14 bits per heavy atom. The molecule has 116 valence electrons. The second kappa shape index (κ2) is 6.37. The van der Waals surface area contributed by atoms with Crippen LogP contribution in [0.15, 0.2) is 11.2 Å². The fraction of sp³-hybridized carbons (Fsp3) is 0.714. The van der Waals surface area contributed by atoms with Crippen molar-refractivity contribution in [2.45, 2.75) is 42.5 Å². The molecule has 0 radical (unpaired) electrons. The fourth-order valence-corrected chi connectivity index (χ4v) is 3.45. The van der Waals surface area contributed by atoms with Crippen molar-refractivity contribution >= 4 is 23.4 Å². The monoisotopic (exact) mass is 310 g/mol. The molecule has 0 amide bonds. The number of anilines is 2. The molecule has 2 aliphatic rings. The van der Waals surface area contributed by atoms with Gasteiger partial charge in [-0.2, -0.15) is 0 Å². The topological polar surface area (TPSA) is 82.3 Å². The van der Waals surface area contributed by atoms with Crippen LogP contribution < -0.4 is 11.1 Å². The third-order valence-electron chi connectivity index (χ3n) is 4.16. The first-order valence-corrected chi connectivity index (χ1v) is 8.58. The number of thioether (sulfide) groups is 1. The summed E-state index contributed by atoms with van der Waals surface area (Å²) in [5, 5.41) is 4.20. The van der Waals surface area contributed by atoms with E-state index in [-0.39, 0.29) is 5.60 Å². The van der Waals surface area contributed by atoms with Gasteiger partial charge in [0.2, 0.25) is 0 Å². The molecule has 0 unspecified atom stereocenters. The molecule has 1 aromatic heterocycles. The predicted octanol–water partition coefficient (Wildman–Crippen LogP) is 1.92. The highest BCUT2D eigenvalue weighted by atomic mass is 32.2. The standard InChI is InChI=1S/C14H22N4O2S/c1-21-13-17-11(15)8-12(18-13)16-10-2-5-20-14(9-10)3-6-19-7-4-14/h8,10H,2-7,9H2,1H3,(H3,15,16,17,18)/t10-/m1/s1. The maximum atomic E-state index is 6.06. The number of rotatable bonds is 3. The van der Waals surface area contributed by atoms with E-state index in [1.807, 2.05) is 6.26 Å². The highest BCUT2D eigenvalue weighted by molar-refractivity contribution is 7.98. The number of nitrogen functional groups attached to an aromatic ring is 1. The molecule has 1 spiro atoms. The average molecular weight is 310 g/mol. The Morgan fingerprint density at radius 1 is 1.33 bits per heavy atom. The van der Waals surface area contributed by atoms with E-state index >= 15 is 0 Å². The summed E-state index contributed by atoms with van der Waals surface area (Å²) in [6.45, 7) is 2.38. The maximum Gasteiger partial charge on any atom is 0.191 e. The molecule has 2 saturated heterocycles. The second-order valence-electron chi connectivity index (χ2n) is 5.64. The summed E-state index contributed by atoms with van der Waals surface area (Å²) in [4.78, 5) is 8.65. The van der Waals surface area contributed by atoms with E-state index in [1.54, 1.807) is 6.07 Å². The van der Waals surface area contributed by atoms with Gasteiger partial charge < -0.3 is 20.5 Å². The van der Waals surface area contributed by atoms with Crippen molar-refractivity contribution in [1.29, 1.82) is 0 Å². The lowest BCUT2D eigenvalue weighted by molar-refractivity contribution is -0.135. The van der Waals surface area contributed by atoms with E-state index in [0.29, 0.717) is 17.0 Å². The predicted molar refractivity (Wildman–Crippen MR) is 83.6 cm³/mol. The molecule has 7 heteroatoms. The molecule has 21 heavy (non-hydrogen) atoms. The molecule has 0 aromatic carbocycles. The Kier molecular flexibility index (Phi) is 4.51. The Balaban J connectivity index is 1.68. The molecule has 0 aliphatic carbocycles. The van der Waals surface area contributed by atoms with E-state index in [1.165, 1.54) is 11.8 Å². The highest BCUT2D eigenvalue weighted by Crippen LogP contribution is 2.35. The van der Waals surface area contributed by atoms with Gasteiger partial charge in [-0.1, -0.05) is 11.8 Å². The molecule has 6 nitrogen and oxygen atoms in total. The van der Waals surface area contributed by atoms with Crippen molar-refractivity contribution in [3.05, 3.63) is 6.07 Å². The third kappa shape index (κ3) is 3.59. The Labute approximate surface area is 129 Å². The highest BCUT2D eigenvalue weighted by Gasteiger charge is 2.39. The molecular formula is C14H22N4O2S. The SMILES string of the molecule is CSc1nc(N)cc(N[C@@H]2CCOC3(CCOCC3)C2)n1. The first-order chi connectivity index (χ1) is 10.2. The minimum Gasteiger partial charge on any atom is -0.383 e. The molecular weight excluding hydrogens is 288 g/mol. The van der Waals surface area contributed by atoms with E-state index in [4.69, 9.17) is 15.2 Å². The summed E-state index contributed by atoms with van der Waals surface area (Å²) >= 11 is 1.50. The van der Waals surface area contributed by atoms with Gasteiger partial charge in [0.15, 0.2) is 5.16 Å². The number of nitrogens with zero attached hydrogens (tertiary/aromatic N) is 2. The molecule has 0 bridgehead atoms. The largest absolute Gasteiger partial charge is 0.383 e. The Bertz CT molecular complexity index is 488. The van der Waals surface area contributed by atoms with Gasteiger partial charge in [0, 0.05) is 31.9 Å². The zero-order valence-corrected chi connectivity index (χ0v) is 13.1. The van der Waals surface area contributed by atoms with Crippen molar-refractivity contribution in [3.8, 4) is 0 Å². The molecule has 2 fully saturated rings. The summed E-state index contributed by atoms with van der Waals surface area (Å²) < 4.78 is 11.5. The molecule has 3 N–H and O–H groups in total. The lowest BCUT2D eigenvalue weighted by atomic mass is 9.84. The molecule has 1 atom stereocenters. The van der Waals surface area contributed by atoms with Crippen LogP contribution in [0.3, 0.4) is 0 Å². The van der Waals surface area contributed by atoms with Crippen LogP contribution in [0.4, 0.5) is 11.6 Å². The zero-order valence-electron chi connectivity index (χ0n) is 12.3. The molecule has 3 heterocycles. The molecule has 3 rings (SSSR count). The van der Waals surface area contributed by atoms with Crippen molar-refractivity contribution in [3.63, 3.8) is 0 Å². The van der Waals surface area contributed by atoms with Gasteiger partial charge in [0.05, 0.1) is 5.60 Å². The summed E-state index contributed by atoms with van der Waals surface area (Å²) in [5.41, 5.74) is 5.81. The lowest BCUT2D eigenvalue weighted by Gasteiger charge is -2.43. The minimum atomic E-state index is -0.0188. The summed E-state index contributed by atoms with van der Waals surface area (Å²) in [5.74, 6) is 1.31. The number of ether oxygens (including phenoxy) is 2.